The largest absolute Gasteiger partial charge is 0.299 e. The van der Waals surface area contributed by atoms with Gasteiger partial charge in [0.25, 0.3) is 0 Å². The highest BCUT2D eigenvalue weighted by atomic mass is 16.1. The predicted molar refractivity (Wildman–Crippen MR) is 96.2 cm³/mol. The molecule has 0 heterocycles. The van der Waals surface area contributed by atoms with E-state index in [1.807, 2.05) is 13.8 Å². The summed E-state index contributed by atoms with van der Waals surface area (Å²) in [6.45, 7) is 19.1. The molecule has 124 valence electrons. The van der Waals surface area contributed by atoms with Crippen LogP contribution in [-0.4, -0.2) is 5.78 Å². The van der Waals surface area contributed by atoms with Crippen molar-refractivity contribution in [2.75, 3.05) is 0 Å². The number of rotatable bonds is 5. The summed E-state index contributed by atoms with van der Waals surface area (Å²) in [6, 6.07) is 0. The van der Waals surface area contributed by atoms with Gasteiger partial charge in [-0.15, -0.1) is 0 Å². The van der Waals surface area contributed by atoms with E-state index in [2.05, 4.69) is 54.5 Å². The molecule has 1 nitrogen and oxygen atoms in total. The van der Waals surface area contributed by atoms with Crippen LogP contribution in [0.5, 0.6) is 0 Å². The van der Waals surface area contributed by atoms with Gasteiger partial charge in [0.1, 0.15) is 5.78 Å². The van der Waals surface area contributed by atoms with Crippen LogP contribution < -0.4 is 0 Å². The number of hydrogen-bond acceptors (Lipinski definition) is 1. The second-order valence-electron chi connectivity index (χ2n) is 6.53. The van der Waals surface area contributed by atoms with E-state index in [0.29, 0.717) is 23.5 Å². The SMILES string of the molecule is C.C.C/C(=C/C(C)C)C(C)C.CC(C)CC(=O)C(C)C. The number of hydrogen-bond donors (Lipinski definition) is 0. The highest BCUT2D eigenvalue weighted by Gasteiger charge is 2.07. The van der Waals surface area contributed by atoms with Crippen molar-refractivity contribution in [1.29, 1.82) is 0 Å². The van der Waals surface area contributed by atoms with E-state index in [1.54, 1.807) is 0 Å². The quantitative estimate of drug-likeness (QED) is 0.509. The number of carbonyl (C=O) groups excluding carboxylic acids is 1. The molecule has 0 saturated heterocycles. The summed E-state index contributed by atoms with van der Waals surface area (Å²) in [4.78, 5) is 11.0. The Morgan fingerprint density at radius 3 is 1.35 bits per heavy atom. The van der Waals surface area contributed by atoms with Gasteiger partial charge in [0.05, 0.1) is 0 Å². The summed E-state index contributed by atoms with van der Waals surface area (Å²) in [6.07, 6.45) is 3.06. The molecular weight excluding hydrogens is 244 g/mol. The molecule has 0 unspecified atom stereocenters. The molecule has 0 amide bonds. The van der Waals surface area contributed by atoms with Crippen molar-refractivity contribution in [3.8, 4) is 0 Å². The van der Waals surface area contributed by atoms with Crippen molar-refractivity contribution < 1.29 is 4.79 Å². The maximum absolute atomic E-state index is 11.0. The average molecular weight is 287 g/mol. The molecule has 0 aromatic carbocycles. The summed E-state index contributed by atoms with van der Waals surface area (Å²) in [5.74, 6) is 2.53. The summed E-state index contributed by atoms with van der Waals surface area (Å²) < 4.78 is 0. The summed E-state index contributed by atoms with van der Waals surface area (Å²) in [7, 11) is 0. The first-order valence-corrected chi connectivity index (χ1v) is 7.28. The second-order valence-corrected chi connectivity index (χ2v) is 6.53. The van der Waals surface area contributed by atoms with Gasteiger partial charge in [-0.05, 0) is 24.7 Å². The topological polar surface area (TPSA) is 17.1 Å². The summed E-state index contributed by atoms with van der Waals surface area (Å²) >= 11 is 0. The maximum atomic E-state index is 11.0. The lowest BCUT2D eigenvalue weighted by atomic mass is 9.99. The van der Waals surface area contributed by atoms with Gasteiger partial charge in [0, 0.05) is 12.3 Å². The smallest absolute Gasteiger partial charge is 0.135 e. The van der Waals surface area contributed by atoms with E-state index in [-0.39, 0.29) is 20.8 Å². The van der Waals surface area contributed by atoms with Crippen LogP contribution in [0.2, 0.25) is 0 Å². The normalized spacial score (nSPS) is 10.9. The third kappa shape index (κ3) is 19.7. The Labute approximate surface area is 130 Å². The van der Waals surface area contributed by atoms with Gasteiger partial charge in [-0.2, -0.15) is 0 Å². The van der Waals surface area contributed by atoms with Crippen LogP contribution in [0, 0.1) is 23.7 Å². The Kier molecular flexibility index (Phi) is 20.5. The van der Waals surface area contributed by atoms with Crippen LogP contribution >= 0.6 is 0 Å². The molecule has 0 aliphatic carbocycles. The first-order valence-electron chi connectivity index (χ1n) is 7.28. The molecule has 0 saturated carbocycles. The fourth-order valence-electron chi connectivity index (χ4n) is 1.36. The van der Waals surface area contributed by atoms with Crippen LogP contribution in [0.3, 0.4) is 0 Å². The van der Waals surface area contributed by atoms with Gasteiger partial charge < -0.3 is 0 Å². The van der Waals surface area contributed by atoms with Gasteiger partial charge in [-0.25, -0.2) is 0 Å². The van der Waals surface area contributed by atoms with Crippen LogP contribution in [0.1, 0.15) is 83.6 Å². The molecule has 0 spiro atoms. The minimum Gasteiger partial charge on any atom is -0.299 e. The first kappa shape index (κ1) is 27.7. The zero-order chi connectivity index (χ0) is 14.9. The molecule has 0 radical (unpaired) electrons. The highest BCUT2D eigenvalue weighted by Crippen LogP contribution is 2.10. The van der Waals surface area contributed by atoms with Gasteiger partial charge in [-0.3, -0.25) is 4.79 Å². The molecular formula is C19H42O. The van der Waals surface area contributed by atoms with Crippen LogP contribution in [0.25, 0.3) is 0 Å². The minimum atomic E-state index is 0. The molecule has 0 fully saturated rings. The van der Waals surface area contributed by atoms with Crippen molar-refractivity contribution in [3.63, 3.8) is 0 Å². The molecule has 20 heavy (non-hydrogen) atoms. The molecule has 0 aliphatic rings. The van der Waals surface area contributed by atoms with Crippen molar-refractivity contribution in [3.05, 3.63) is 11.6 Å². The zero-order valence-corrected chi connectivity index (χ0v) is 14.0. The zero-order valence-electron chi connectivity index (χ0n) is 14.0. The lowest BCUT2D eigenvalue weighted by Crippen LogP contribution is -2.09. The van der Waals surface area contributed by atoms with Crippen molar-refractivity contribution in [2.45, 2.75) is 83.6 Å². The second kappa shape index (κ2) is 14.8. The Hall–Kier alpha value is -0.590. The molecule has 0 N–H and O–H groups in total. The summed E-state index contributed by atoms with van der Waals surface area (Å²) in [5.41, 5.74) is 1.50. The number of allylic oxidation sites excluding steroid dienone is 2. The molecule has 0 aliphatic heterocycles. The first-order chi connectivity index (χ1) is 8.07. The van der Waals surface area contributed by atoms with Crippen LogP contribution in [-0.2, 0) is 4.79 Å². The Bertz CT molecular complexity index is 244. The van der Waals surface area contributed by atoms with Gasteiger partial charge in [0.15, 0.2) is 0 Å². The molecule has 0 aromatic heterocycles. The van der Waals surface area contributed by atoms with E-state index in [1.165, 1.54) is 5.57 Å². The number of ketones is 1. The molecule has 0 atom stereocenters. The Balaban J connectivity index is -0.000000116. The minimum absolute atomic E-state index is 0. The van der Waals surface area contributed by atoms with Gasteiger partial charge in [-0.1, -0.05) is 81.9 Å². The molecule has 0 rings (SSSR count). The molecule has 0 bridgehead atoms. The van der Waals surface area contributed by atoms with E-state index in [9.17, 15) is 4.79 Å². The van der Waals surface area contributed by atoms with E-state index >= 15 is 0 Å². The Morgan fingerprint density at radius 1 is 0.850 bits per heavy atom. The van der Waals surface area contributed by atoms with Crippen molar-refractivity contribution >= 4 is 5.78 Å². The highest BCUT2D eigenvalue weighted by molar-refractivity contribution is 5.80. The van der Waals surface area contributed by atoms with Gasteiger partial charge >= 0.3 is 0 Å². The van der Waals surface area contributed by atoms with E-state index in [0.717, 1.165) is 6.42 Å². The van der Waals surface area contributed by atoms with Crippen LogP contribution in [0.15, 0.2) is 11.6 Å². The monoisotopic (exact) mass is 286 g/mol. The predicted octanol–water partition coefficient (Wildman–Crippen LogP) is 6.77. The van der Waals surface area contributed by atoms with Crippen molar-refractivity contribution in [1.82, 2.24) is 0 Å². The standard InChI is InChI=1S/C9H18.C8H16O.2CH4/c1-7(2)6-9(5)8(3)4;1-6(2)5-8(9)7(3)4;;/h6-8H,1-5H3;6-7H,5H2,1-4H3;2*1H4/b9-6-;;;. The van der Waals surface area contributed by atoms with Crippen LogP contribution in [0.4, 0.5) is 0 Å². The average Bonchev–Trinajstić information content (AvgIpc) is 2.16. The third-order valence-electron chi connectivity index (χ3n) is 2.76. The van der Waals surface area contributed by atoms with E-state index < -0.39 is 0 Å². The lowest BCUT2D eigenvalue weighted by Gasteiger charge is -2.05. The fourth-order valence-corrected chi connectivity index (χ4v) is 1.36. The number of Topliss-reactive ketones (excluding diaryl/α,β-unsaturated/α-hetero) is 1. The third-order valence-corrected chi connectivity index (χ3v) is 2.76. The Morgan fingerprint density at radius 2 is 1.25 bits per heavy atom. The van der Waals surface area contributed by atoms with E-state index in [4.69, 9.17) is 0 Å². The van der Waals surface area contributed by atoms with Crippen molar-refractivity contribution in [2.24, 2.45) is 23.7 Å². The molecule has 1 heteroatoms. The summed E-state index contributed by atoms with van der Waals surface area (Å²) in [5, 5.41) is 0. The number of carbonyl (C=O) groups is 1. The molecule has 0 aromatic rings. The lowest BCUT2D eigenvalue weighted by molar-refractivity contribution is -0.122. The van der Waals surface area contributed by atoms with Gasteiger partial charge in [0.2, 0.25) is 0 Å². The maximum Gasteiger partial charge on any atom is 0.135 e. The fraction of sp³-hybridized carbons (Fsp3) is 0.842.